The molecule has 1 fully saturated rings. The summed E-state index contributed by atoms with van der Waals surface area (Å²) < 4.78 is 5.27. The van der Waals surface area contributed by atoms with Crippen molar-refractivity contribution in [2.24, 2.45) is 5.41 Å². The zero-order valence-corrected chi connectivity index (χ0v) is 20.6. The number of aromatic amines is 1. The van der Waals surface area contributed by atoms with Crippen LogP contribution in [0, 0.1) is 5.41 Å². The van der Waals surface area contributed by atoms with Crippen molar-refractivity contribution in [3.05, 3.63) is 65.9 Å². The van der Waals surface area contributed by atoms with Gasteiger partial charge >= 0.3 is 0 Å². The molecule has 0 aliphatic heterocycles. The number of amides is 2. The molecule has 0 radical (unpaired) electrons. The first-order valence-corrected chi connectivity index (χ1v) is 12.0. The molecular formula is C28H35N3O3. The first-order chi connectivity index (χ1) is 16.3. The Kier molecular flexibility index (Phi) is 6.96. The number of hydrogen-bond donors (Lipinski definition) is 1. The highest BCUT2D eigenvalue weighted by molar-refractivity contribution is 5.88. The number of para-hydroxylation sites is 1. The van der Waals surface area contributed by atoms with Gasteiger partial charge in [-0.3, -0.25) is 9.59 Å². The number of hydrogen-bond acceptors (Lipinski definition) is 3. The second-order valence-corrected chi connectivity index (χ2v) is 10.2. The van der Waals surface area contributed by atoms with Gasteiger partial charge in [-0.15, -0.1) is 0 Å². The zero-order valence-electron chi connectivity index (χ0n) is 20.6. The number of benzene rings is 2. The van der Waals surface area contributed by atoms with Crippen LogP contribution in [0.5, 0.6) is 5.75 Å². The van der Waals surface area contributed by atoms with Crippen LogP contribution >= 0.6 is 0 Å². The number of fused-ring (bicyclic) bond motifs is 1. The van der Waals surface area contributed by atoms with Crippen molar-refractivity contribution in [3.8, 4) is 5.75 Å². The molecule has 3 aromatic rings. The van der Waals surface area contributed by atoms with Gasteiger partial charge in [0.25, 0.3) is 0 Å². The van der Waals surface area contributed by atoms with E-state index in [2.05, 4.69) is 17.1 Å². The summed E-state index contributed by atoms with van der Waals surface area (Å²) in [4.78, 5) is 33.6. The van der Waals surface area contributed by atoms with E-state index >= 15 is 0 Å². The molecule has 1 saturated carbocycles. The van der Waals surface area contributed by atoms with Crippen LogP contribution in [0.25, 0.3) is 10.9 Å². The molecule has 0 atom stereocenters. The van der Waals surface area contributed by atoms with Gasteiger partial charge in [0.2, 0.25) is 11.8 Å². The molecule has 0 bridgehead atoms. The molecule has 0 saturated heterocycles. The van der Waals surface area contributed by atoms with Crippen molar-refractivity contribution in [1.82, 2.24) is 14.8 Å². The van der Waals surface area contributed by atoms with Gasteiger partial charge in [-0.25, -0.2) is 0 Å². The van der Waals surface area contributed by atoms with E-state index in [9.17, 15) is 9.59 Å². The number of methoxy groups -OCH3 is 1. The fourth-order valence-corrected chi connectivity index (χ4v) is 4.27. The Morgan fingerprint density at radius 3 is 2.41 bits per heavy atom. The van der Waals surface area contributed by atoms with E-state index in [1.807, 2.05) is 68.3 Å². The average molecular weight is 462 g/mol. The summed E-state index contributed by atoms with van der Waals surface area (Å²) in [5, 5.41) is 1.18. The molecule has 6 nitrogen and oxygen atoms in total. The second kappa shape index (κ2) is 9.92. The monoisotopic (exact) mass is 461 g/mol. The third kappa shape index (κ3) is 5.61. The number of nitrogens with one attached hydrogen (secondary N) is 1. The molecule has 1 aromatic heterocycles. The van der Waals surface area contributed by atoms with Crippen molar-refractivity contribution in [1.29, 1.82) is 0 Å². The van der Waals surface area contributed by atoms with Crippen LogP contribution in [0.1, 0.15) is 44.7 Å². The topological polar surface area (TPSA) is 65.6 Å². The Morgan fingerprint density at radius 2 is 1.76 bits per heavy atom. The third-order valence-electron chi connectivity index (χ3n) is 6.41. The van der Waals surface area contributed by atoms with Crippen molar-refractivity contribution in [3.63, 3.8) is 0 Å². The average Bonchev–Trinajstić information content (AvgIpc) is 3.59. The molecule has 4 rings (SSSR count). The predicted octanol–water partition coefficient (Wildman–Crippen LogP) is 4.78. The lowest BCUT2D eigenvalue weighted by molar-refractivity contribution is -0.146. The van der Waals surface area contributed by atoms with Crippen LogP contribution < -0.4 is 4.74 Å². The second-order valence-electron chi connectivity index (χ2n) is 10.2. The maximum atomic E-state index is 13.6. The fourth-order valence-electron chi connectivity index (χ4n) is 4.27. The van der Waals surface area contributed by atoms with Gasteiger partial charge in [-0.1, -0.05) is 51.1 Å². The van der Waals surface area contributed by atoms with Crippen molar-refractivity contribution >= 4 is 22.7 Å². The highest BCUT2D eigenvalue weighted by Gasteiger charge is 2.39. The van der Waals surface area contributed by atoms with E-state index in [0.29, 0.717) is 13.1 Å². The molecule has 0 unspecified atom stereocenters. The molecule has 1 aliphatic rings. The lowest BCUT2D eigenvalue weighted by Crippen LogP contribution is -2.47. The summed E-state index contributed by atoms with van der Waals surface area (Å²) in [6.45, 7) is 6.96. The van der Waals surface area contributed by atoms with Gasteiger partial charge in [-0.05, 0) is 48.6 Å². The van der Waals surface area contributed by atoms with Crippen LogP contribution in [0.2, 0.25) is 0 Å². The number of nitrogens with zero attached hydrogens (tertiary/aromatic N) is 2. The quantitative estimate of drug-likeness (QED) is 0.499. The predicted molar refractivity (Wildman–Crippen MR) is 135 cm³/mol. The Balaban J connectivity index is 1.52. The molecule has 0 spiro atoms. The number of aromatic nitrogens is 1. The normalized spacial score (nSPS) is 13.6. The number of carbonyl (C=O) groups is 2. The van der Waals surface area contributed by atoms with E-state index in [1.165, 1.54) is 10.9 Å². The minimum absolute atomic E-state index is 0.0137. The van der Waals surface area contributed by atoms with Gasteiger partial charge in [0.15, 0.2) is 0 Å². The van der Waals surface area contributed by atoms with Crippen LogP contribution in [0.3, 0.4) is 0 Å². The number of H-pyrrole nitrogens is 1. The molecule has 1 heterocycles. The van der Waals surface area contributed by atoms with Gasteiger partial charge in [-0.2, -0.15) is 0 Å². The first kappa shape index (κ1) is 23.9. The largest absolute Gasteiger partial charge is 0.497 e. The Hall–Kier alpha value is -3.28. The summed E-state index contributed by atoms with van der Waals surface area (Å²) >= 11 is 0. The molecule has 6 heteroatoms. The van der Waals surface area contributed by atoms with Crippen molar-refractivity contribution in [2.45, 2.75) is 52.6 Å². The number of rotatable bonds is 9. The van der Waals surface area contributed by atoms with Gasteiger partial charge in [0.05, 0.1) is 7.11 Å². The summed E-state index contributed by atoms with van der Waals surface area (Å²) in [6.07, 6.45) is 4.72. The van der Waals surface area contributed by atoms with Crippen LogP contribution in [-0.4, -0.2) is 52.8 Å². The van der Waals surface area contributed by atoms with Crippen molar-refractivity contribution in [2.75, 3.05) is 20.2 Å². The molecular weight excluding hydrogens is 426 g/mol. The highest BCUT2D eigenvalue weighted by Crippen LogP contribution is 2.31. The van der Waals surface area contributed by atoms with Crippen molar-refractivity contribution < 1.29 is 14.3 Å². The van der Waals surface area contributed by atoms with E-state index in [1.54, 1.807) is 12.0 Å². The Labute approximate surface area is 201 Å². The summed E-state index contributed by atoms with van der Waals surface area (Å²) in [7, 11) is 1.64. The number of carbonyl (C=O) groups excluding carboxylic acids is 2. The van der Waals surface area contributed by atoms with Crippen LogP contribution in [0.15, 0.2) is 54.7 Å². The van der Waals surface area contributed by atoms with Crippen LogP contribution in [-0.2, 0) is 22.6 Å². The molecule has 1 aliphatic carbocycles. The minimum atomic E-state index is -0.506. The first-order valence-electron chi connectivity index (χ1n) is 12.0. The maximum Gasteiger partial charge on any atom is 0.242 e. The van der Waals surface area contributed by atoms with E-state index in [-0.39, 0.29) is 24.4 Å². The lowest BCUT2D eigenvalue weighted by Gasteiger charge is -2.32. The van der Waals surface area contributed by atoms with E-state index in [0.717, 1.165) is 36.1 Å². The zero-order chi connectivity index (χ0) is 24.3. The maximum absolute atomic E-state index is 13.6. The molecule has 1 N–H and O–H groups in total. The van der Waals surface area contributed by atoms with E-state index < -0.39 is 5.41 Å². The van der Waals surface area contributed by atoms with E-state index in [4.69, 9.17) is 4.74 Å². The smallest absolute Gasteiger partial charge is 0.242 e. The number of ether oxygens (including phenoxy) is 1. The standard InChI is InChI=1S/C28H35N3O3/c1-28(2,3)27(33)31(22-11-12-22)19-26(32)30(18-20-9-13-23(34-4)14-10-20)16-15-21-17-29-25-8-6-5-7-24(21)25/h5-10,13-14,17,22,29H,11-12,15-16,18-19H2,1-4H3. The summed E-state index contributed by atoms with van der Waals surface area (Å²) in [5.41, 5.74) is 2.82. The van der Waals surface area contributed by atoms with Gasteiger partial charge in [0, 0.05) is 41.6 Å². The fraction of sp³-hybridized carbons (Fsp3) is 0.429. The third-order valence-corrected chi connectivity index (χ3v) is 6.41. The molecule has 34 heavy (non-hydrogen) atoms. The lowest BCUT2D eigenvalue weighted by atomic mass is 9.94. The molecule has 2 amide bonds. The SMILES string of the molecule is COc1ccc(CN(CCc2c[nH]c3ccccc23)C(=O)CN(C(=O)C(C)(C)C)C2CC2)cc1. The Bertz CT molecular complexity index is 1140. The minimum Gasteiger partial charge on any atom is -0.497 e. The molecule has 2 aromatic carbocycles. The van der Waals surface area contributed by atoms with Gasteiger partial charge in [0.1, 0.15) is 12.3 Å². The van der Waals surface area contributed by atoms with Gasteiger partial charge < -0.3 is 19.5 Å². The summed E-state index contributed by atoms with van der Waals surface area (Å²) in [6, 6.07) is 16.2. The highest BCUT2D eigenvalue weighted by atomic mass is 16.5. The van der Waals surface area contributed by atoms with Crippen LogP contribution in [0.4, 0.5) is 0 Å². The summed E-state index contributed by atoms with van der Waals surface area (Å²) in [5.74, 6) is 0.820. The molecule has 180 valence electrons. The Morgan fingerprint density at radius 1 is 1.06 bits per heavy atom.